The maximum absolute atomic E-state index is 16.0. The summed E-state index contributed by atoms with van der Waals surface area (Å²) in [6.07, 6.45) is -4.82. The van der Waals surface area contributed by atoms with Gasteiger partial charge in [0.25, 0.3) is 5.56 Å². The minimum atomic E-state index is -1.88. The Morgan fingerprint density at radius 3 is 2.15 bits per heavy atom. The lowest BCUT2D eigenvalue weighted by Gasteiger charge is -2.37. The maximum Gasteiger partial charge on any atom is 0.280 e. The van der Waals surface area contributed by atoms with Crippen molar-refractivity contribution in [3.05, 3.63) is 112 Å². The standard InChI is InChI=1S/C35H36FN5O7/c1-20(2)31(43)39-34-38-30-28(32(44)40-34)37-19-41(30)33-29(42)27(36)26(48-33)18-47-35(21-8-6-5-7-9-21,22-10-14-24(45-3)15-11-22)23-12-16-25(46-4)17-13-23/h5-17,19-20,26-27,29,33,42H,18H2,1-4H3,(H2,38,39,40,43,44)/t26-,27+,29-,33-/m1/s1. The zero-order valence-corrected chi connectivity index (χ0v) is 26.8. The molecule has 3 heterocycles. The number of anilines is 1. The van der Waals surface area contributed by atoms with Crippen molar-refractivity contribution in [2.75, 3.05) is 26.1 Å². The van der Waals surface area contributed by atoms with Gasteiger partial charge in [-0.25, -0.2) is 9.37 Å². The molecule has 0 spiro atoms. The van der Waals surface area contributed by atoms with Crippen LogP contribution >= 0.6 is 0 Å². The third kappa shape index (κ3) is 6.03. The first-order chi connectivity index (χ1) is 23.2. The minimum Gasteiger partial charge on any atom is -0.497 e. The van der Waals surface area contributed by atoms with E-state index in [1.807, 2.05) is 78.9 Å². The number of carbonyl (C=O) groups excluding carboxylic acids is 1. The summed E-state index contributed by atoms with van der Waals surface area (Å²) in [4.78, 5) is 35.9. The SMILES string of the molecule is COc1ccc(C(OC[C@H]2O[C@@H](n3cnc4c(=O)[nH]c(NC(=O)C(C)C)nc43)[C@H](O)[C@H]2F)(c2ccccc2)c2ccc(OC)cc2)cc1. The third-order valence-corrected chi connectivity index (χ3v) is 8.40. The van der Waals surface area contributed by atoms with Crippen LogP contribution in [0.5, 0.6) is 11.5 Å². The molecule has 3 N–H and O–H groups in total. The lowest BCUT2D eigenvalue weighted by molar-refractivity contribution is -0.118. The Bertz CT molecular complexity index is 1880. The molecule has 4 atom stereocenters. The van der Waals surface area contributed by atoms with Gasteiger partial charge in [-0.05, 0) is 41.0 Å². The van der Waals surface area contributed by atoms with Gasteiger partial charge in [-0.1, -0.05) is 68.4 Å². The van der Waals surface area contributed by atoms with Gasteiger partial charge in [0.2, 0.25) is 11.9 Å². The number of aliphatic hydroxyl groups is 1. The molecule has 1 saturated heterocycles. The average molecular weight is 658 g/mol. The summed E-state index contributed by atoms with van der Waals surface area (Å²) < 4.78 is 40.9. The predicted octanol–water partition coefficient (Wildman–Crippen LogP) is 4.34. The summed E-state index contributed by atoms with van der Waals surface area (Å²) in [5, 5.41) is 13.6. The van der Waals surface area contributed by atoms with Gasteiger partial charge in [0.05, 0.1) is 27.2 Å². The molecule has 0 unspecified atom stereocenters. The number of imidazole rings is 1. The Labute approximate surface area is 275 Å². The molecular formula is C35H36FN5O7. The molecule has 1 fully saturated rings. The summed E-state index contributed by atoms with van der Waals surface area (Å²) in [6, 6.07) is 24.3. The Balaban J connectivity index is 1.36. The second kappa shape index (κ2) is 13.6. The predicted molar refractivity (Wildman–Crippen MR) is 175 cm³/mol. The van der Waals surface area contributed by atoms with E-state index in [2.05, 4.69) is 20.3 Å². The first kappa shape index (κ1) is 32.8. The lowest BCUT2D eigenvalue weighted by Crippen LogP contribution is -2.38. The first-order valence-corrected chi connectivity index (χ1v) is 15.4. The topological polar surface area (TPSA) is 150 Å². The molecule has 250 valence electrons. The monoisotopic (exact) mass is 657 g/mol. The molecule has 48 heavy (non-hydrogen) atoms. The molecular weight excluding hydrogens is 621 g/mol. The van der Waals surface area contributed by atoms with Crippen LogP contribution in [0, 0.1) is 5.92 Å². The van der Waals surface area contributed by atoms with Crippen LogP contribution in [0.1, 0.15) is 36.8 Å². The van der Waals surface area contributed by atoms with Gasteiger partial charge < -0.3 is 24.1 Å². The molecule has 0 bridgehead atoms. The molecule has 1 amide bonds. The number of nitrogens with zero attached hydrogens (tertiary/aromatic N) is 3. The summed E-state index contributed by atoms with van der Waals surface area (Å²) in [7, 11) is 3.16. The van der Waals surface area contributed by atoms with Crippen molar-refractivity contribution in [3.63, 3.8) is 0 Å². The van der Waals surface area contributed by atoms with E-state index in [9.17, 15) is 14.7 Å². The molecule has 5 aromatic rings. The molecule has 1 aliphatic heterocycles. The average Bonchev–Trinajstić information content (AvgIpc) is 3.66. The van der Waals surface area contributed by atoms with Crippen LogP contribution in [-0.2, 0) is 19.9 Å². The molecule has 0 radical (unpaired) electrons. The van der Waals surface area contributed by atoms with Crippen molar-refractivity contribution in [1.82, 2.24) is 19.5 Å². The van der Waals surface area contributed by atoms with Gasteiger partial charge in [0.15, 0.2) is 23.6 Å². The highest BCUT2D eigenvalue weighted by atomic mass is 19.1. The van der Waals surface area contributed by atoms with E-state index in [1.54, 1.807) is 28.1 Å². The second-order valence-electron chi connectivity index (χ2n) is 11.7. The molecule has 12 nitrogen and oxygen atoms in total. The van der Waals surface area contributed by atoms with Crippen molar-refractivity contribution in [2.24, 2.45) is 5.92 Å². The third-order valence-electron chi connectivity index (χ3n) is 8.40. The Hall–Kier alpha value is -5.11. The zero-order chi connectivity index (χ0) is 34.0. The van der Waals surface area contributed by atoms with E-state index < -0.39 is 35.8 Å². The molecule has 3 aromatic carbocycles. The number of ether oxygens (including phenoxy) is 4. The first-order valence-electron chi connectivity index (χ1n) is 15.4. The highest BCUT2D eigenvalue weighted by molar-refractivity contribution is 5.91. The second-order valence-corrected chi connectivity index (χ2v) is 11.7. The summed E-state index contributed by atoms with van der Waals surface area (Å²) in [6.45, 7) is 3.11. The fourth-order valence-electron chi connectivity index (χ4n) is 5.79. The zero-order valence-electron chi connectivity index (χ0n) is 26.8. The van der Waals surface area contributed by atoms with E-state index >= 15 is 4.39 Å². The van der Waals surface area contributed by atoms with E-state index in [0.29, 0.717) is 11.5 Å². The number of methoxy groups -OCH3 is 2. The van der Waals surface area contributed by atoms with Crippen LogP contribution < -0.4 is 20.3 Å². The Morgan fingerprint density at radius 2 is 1.58 bits per heavy atom. The van der Waals surface area contributed by atoms with E-state index in [0.717, 1.165) is 16.7 Å². The number of rotatable bonds is 11. The van der Waals surface area contributed by atoms with Crippen molar-refractivity contribution in [1.29, 1.82) is 0 Å². The van der Waals surface area contributed by atoms with Crippen LogP contribution in [0.25, 0.3) is 11.2 Å². The number of hydrogen-bond donors (Lipinski definition) is 3. The van der Waals surface area contributed by atoms with E-state index in [1.165, 1.54) is 10.9 Å². The van der Waals surface area contributed by atoms with Gasteiger partial charge in [0.1, 0.15) is 29.3 Å². The highest BCUT2D eigenvalue weighted by Crippen LogP contribution is 2.43. The number of amides is 1. The van der Waals surface area contributed by atoms with E-state index in [-0.39, 0.29) is 35.5 Å². The maximum atomic E-state index is 16.0. The van der Waals surface area contributed by atoms with Crippen LogP contribution in [0.2, 0.25) is 0 Å². The normalized spacial score (nSPS) is 19.5. The van der Waals surface area contributed by atoms with Crippen LogP contribution in [0.4, 0.5) is 10.3 Å². The van der Waals surface area contributed by atoms with Crippen LogP contribution in [0.15, 0.2) is 90.0 Å². The highest BCUT2D eigenvalue weighted by Gasteiger charge is 2.48. The van der Waals surface area contributed by atoms with Crippen LogP contribution in [-0.4, -0.2) is 69.7 Å². The Kier molecular flexibility index (Phi) is 9.27. The van der Waals surface area contributed by atoms with Crippen LogP contribution in [0.3, 0.4) is 0 Å². The number of aromatic nitrogens is 4. The number of aliphatic hydroxyl groups excluding tert-OH is 1. The van der Waals surface area contributed by atoms with Gasteiger partial charge in [-0.2, -0.15) is 4.98 Å². The molecule has 0 aliphatic carbocycles. The van der Waals surface area contributed by atoms with Crippen molar-refractivity contribution < 1.29 is 33.2 Å². The smallest absolute Gasteiger partial charge is 0.280 e. The molecule has 6 rings (SSSR count). The Morgan fingerprint density at radius 1 is 1.00 bits per heavy atom. The fraction of sp³-hybridized carbons (Fsp3) is 0.314. The number of alkyl halides is 1. The number of aromatic amines is 1. The number of fused-ring (bicyclic) bond motifs is 1. The summed E-state index contributed by atoms with van der Waals surface area (Å²) >= 11 is 0. The molecule has 2 aromatic heterocycles. The molecule has 0 saturated carbocycles. The number of hydrogen-bond acceptors (Lipinski definition) is 9. The van der Waals surface area contributed by atoms with Crippen molar-refractivity contribution in [3.8, 4) is 11.5 Å². The lowest BCUT2D eigenvalue weighted by atomic mass is 9.80. The fourth-order valence-corrected chi connectivity index (χ4v) is 5.79. The van der Waals surface area contributed by atoms with Gasteiger partial charge in [-0.15, -0.1) is 0 Å². The van der Waals surface area contributed by atoms with E-state index in [4.69, 9.17) is 18.9 Å². The summed E-state index contributed by atoms with van der Waals surface area (Å²) in [5.74, 6) is 0.455. The number of benzene rings is 3. The van der Waals surface area contributed by atoms with Gasteiger partial charge in [0, 0.05) is 5.92 Å². The molecule has 1 aliphatic rings. The number of carbonyl (C=O) groups is 1. The van der Waals surface area contributed by atoms with Gasteiger partial charge >= 0.3 is 0 Å². The van der Waals surface area contributed by atoms with Crippen molar-refractivity contribution in [2.45, 2.75) is 44.1 Å². The molecule has 13 heteroatoms. The largest absolute Gasteiger partial charge is 0.497 e. The number of halogens is 1. The summed E-state index contributed by atoms with van der Waals surface area (Å²) in [5.41, 5.74) is 0.331. The van der Waals surface area contributed by atoms with Crippen molar-refractivity contribution >= 4 is 23.0 Å². The van der Waals surface area contributed by atoms with Gasteiger partial charge in [-0.3, -0.25) is 24.5 Å². The number of nitrogens with one attached hydrogen (secondary N) is 2. The number of H-pyrrole nitrogens is 1. The quantitative estimate of drug-likeness (QED) is 0.176. The minimum absolute atomic E-state index is 0.00530.